The third kappa shape index (κ3) is 3.67. The van der Waals surface area contributed by atoms with E-state index in [9.17, 15) is 4.79 Å². The average Bonchev–Trinajstić information content (AvgIpc) is 3.02. The van der Waals surface area contributed by atoms with E-state index in [0.717, 1.165) is 16.7 Å². The smallest absolute Gasteiger partial charge is 0.231 e. The minimum absolute atomic E-state index is 0.111. The van der Waals surface area contributed by atoms with Crippen LogP contribution in [-0.2, 0) is 6.61 Å². The van der Waals surface area contributed by atoms with Gasteiger partial charge in [0.1, 0.15) is 18.1 Å². The zero-order chi connectivity index (χ0) is 18.6. The summed E-state index contributed by atoms with van der Waals surface area (Å²) in [6, 6.07) is 22.9. The van der Waals surface area contributed by atoms with Gasteiger partial charge in [0.15, 0.2) is 5.76 Å². The lowest BCUT2D eigenvalue weighted by atomic mass is 10.1. The maximum absolute atomic E-state index is 12.5. The molecule has 3 aromatic carbocycles. The van der Waals surface area contributed by atoms with Gasteiger partial charge in [0.05, 0.1) is 5.56 Å². The third-order valence-corrected chi connectivity index (χ3v) is 4.36. The van der Waals surface area contributed by atoms with Crippen LogP contribution in [0.3, 0.4) is 0 Å². The summed E-state index contributed by atoms with van der Waals surface area (Å²) >= 11 is 0. The van der Waals surface area contributed by atoms with Crippen LogP contribution in [0.2, 0.25) is 0 Å². The van der Waals surface area contributed by atoms with Gasteiger partial charge < -0.3 is 9.47 Å². The molecule has 0 saturated heterocycles. The van der Waals surface area contributed by atoms with Crippen molar-refractivity contribution in [2.24, 2.45) is 0 Å². The number of carbonyl (C=O) groups is 1. The fraction of sp³-hybridized carbons (Fsp3) is 0.0417. The minimum Gasteiger partial charge on any atom is -0.489 e. The fourth-order valence-electron chi connectivity index (χ4n) is 2.87. The van der Waals surface area contributed by atoms with E-state index >= 15 is 0 Å². The zero-order valence-corrected chi connectivity index (χ0v) is 14.7. The predicted molar refractivity (Wildman–Crippen MR) is 107 cm³/mol. The molecule has 0 N–H and O–H groups in total. The maximum atomic E-state index is 12.5. The number of Topliss-reactive ketones (excluding diaryl/α,β-unsaturated/α-hetero) is 1. The lowest BCUT2D eigenvalue weighted by Crippen LogP contribution is -1.97. The van der Waals surface area contributed by atoms with E-state index in [0.29, 0.717) is 29.4 Å². The van der Waals surface area contributed by atoms with Crippen molar-refractivity contribution in [1.82, 2.24) is 0 Å². The highest BCUT2D eigenvalue weighted by atomic mass is 16.5. The summed E-state index contributed by atoms with van der Waals surface area (Å²) in [4.78, 5) is 12.5. The molecule has 0 bridgehead atoms. The Hall–Kier alpha value is -3.59. The highest BCUT2D eigenvalue weighted by Crippen LogP contribution is 2.35. The van der Waals surface area contributed by atoms with Crippen LogP contribution in [0.5, 0.6) is 11.5 Å². The summed E-state index contributed by atoms with van der Waals surface area (Å²) in [6.45, 7) is 4.19. The highest BCUT2D eigenvalue weighted by molar-refractivity contribution is 6.14. The number of carbonyl (C=O) groups excluding carboxylic acids is 1. The molecule has 1 heterocycles. The van der Waals surface area contributed by atoms with Crippen molar-refractivity contribution in [2.45, 2.75) is 6.61 Å². The van der Waals surface area contributed by atoms with Crippen molar-refractivity contribution in [1.29, 1.82) is 0 Å². The Morgan fingerprint density at radius 1 is 0.926 bits per heavy atom. The van der Waals surface area contributed by atoms with Gasteiger partial charge in [0, 0.05) is 6.07 Å². The van der Waals surface area contributed by atoms with E-state index in [1.165, 1.54) is 0 Å². The second-order valence-electron chi connectivity index (χ2n) is 6.24. The summed E-state index contributed by atoms with van der Waals surface area (Å²) in [5, 5.41) is 0. The van der Waals surface area contributed by atoms with Crippen molar-refractivity contribution >= 4 is 17.9 Å². The molecular formula is C24H18O3. The van der Waals surface area contributed by atoms with Gasteiger partial charge in [-0.2, -0.15) is 0 Å². The van der Waals surface area contributed by atoms with Crippen molar-refractivity contribution in [3.8, 4) is 11.5 Å². The molecule has 0 fully saturated rings. The first-order valence-electron chi connectivity index (χ1n) is 8.70. The van der Waals surface area contributed by atoms with Crippen LogP contribution >= 0.6 is 0 Å². The number of hydrogen-bond donors (Lipinski definition) is 0. The van der Waals surface area contributed by atoms with Crippen LogP contribution in [0.1, 0.15) is 27.0 Å². The lowest BCUT2D eigenvalue weighted by Gasteiger charge is -2.07. The first-order chi connectivity index (χ1) is 13.2. The number of ether oxygens (including phenoxy) is 2. The van der Waals surface area contributed by atoms with Crippen molar-refractivity contribution in [3.63, 3.8) is 0 Å². The van der Waals surface area contributed by atoms with Crippen molar-refractivity contribution < 1.29 is 14.3 Å². The molecule has 3 heteroatoms. The number of allylic oxidation sites excluding steroid dienone is 1. The van der Waals surface area contributed by atoms with Crippen molar-refractivity contribution in [2.75, 3.05) is 0 Å². The van der Waals surface area contributed by atoms with Crippen molar-refractivity contribution in [3.05, 3.63) is 107 Å². The first kappa shape index (κ1) is 16.9. The van der Waals surface area contributed by atoms with Gasteiger partial charge in [-0.25, -0.2) is 0 Å². The van der Waals surface area contributed by atoms with Gasteiger partial charge in [0.2, 0.25) is 5.78 Å². The van der Waals surface area contributed by atoms with E-state index in [1.807, 2.05) is 54.6 Å². The maximum Gasteiger partial charge on any atom is 0.231 e. The second-order valence-corrected chi connectivity index (χ2v) is 6.24. The van der Waals surface area contributed by atoms with Gasteiger partial charge in [0.25, 0.3) is 0 Å². The Bertz CT molecular complexity index is 1020. The van der Waals surface area contributed by atoms with Crippen LogP contribution in [0.25, 0.3) is 12.2 Å². The number of benzene rings is 3. The van der Waals surface area contributed by atoms with E-state index in [2.05, 4.69) is 6.58 Å². The summed E-state index contributed by atoms with van der Waals surface area (Å²) in [7, 11) is 0. The summed E-state index contributed by atoms with van der Waals surface area (Å²) in [5.74, 6) is 1.41. The van der Waals surface area contributed by atoms with Gasteiger partial charge >= 0.3 is 0 Å². The Morgan fingerprint density at radius 2 is 1.70 bits per heavy atom. The Morgan fingerprint density at radius 3 is 2.44 bits per heavy atom. The fourth-order valence-corrected chi connectivity index (χ4v) is 2.87. The molecule has 4 rings (SSSR count). The van der Waals surface area contributed by atoms with Crippen LogP contribution in [0.15, 0.2) is 85.1 Å². The summed E-state index contributed by atoms with van der Waals surface area (Å²) < 4.78 is 11.6. The minimum atomic E-state index is -0.111. The Labute approximate surface area is 158 Å². The Balaban J connectivity index is 1.48. The summed E-state index contributed by atoms with van der Waals surface area (Å²) in [5.41, 5.74) is 3.61. The topological polar surface area (TPSA) is 35.5 Å². The zero-order valence-electron chi connectivity index (χ0n) is 14.7. The Kier molecular flexibility index (Phi) is 4.58. The van der Waals surface area contributed by atoms with E-state index in [4.69, 9.17) is 9.47 Å². The number of hydrogen-bond acceptors (Lipinski definition) is 3. The number of fused-ring (bicyclic) bond motifs is 1. The lowest BCUT2D eigenvalue weighted by molar-refractivity contribution is 0.101. The predicted octanol–water partition coefficient (Wildman–Crippen LogP) is 5.52. The van der Waals surface area contributed by atoms with Crippen LogP contribution < -0.4 is 9.47 Å². The number of ketones is 1. The molecule has 0 atom stereocenters. The largest absolute Gasteiger partial charge is 0.489 e. The van der Waals surface area contributed by atoms with Gasteiger partial charge in [-0.15, -0.1) is 0 Å². The molecule has 0 unspecified atom stereocenters. The van der Waals surface area contributed by atoms with Crippen LogP contribution in [0, 0.1) is 0 Å². The molecule has 27 heavy (non-hydrogen) atoms. The molecule has 0 aromatic heterocycles. The molecule has 0 saturated carbocycles. The molecular weight excluding hydrogens is 336 g/mol. The third-order valence-electron chi connectivity index (χ3n) is 4.36. The highest BCUT2D eigenvalue weighted by Gasteiger charge is 2.27. The SMILES string of the molecule is C=Cc1ccc(COc2ccc3c(c2)O/C(=C\c2ccccc2)C3=O)cc1. The molecule has 1 aliphatic rings. The van der Waals surface area contributed by atoms with Gasteiger partial charge in [-0.05, 0) is 34.9 Å². The number of rotatable bonds is 5. The van der Waals surface area contributed by atoms with E-state index in [-0.39, 0.29) is 5.78 Å². The van der Waals surface area contributed by atoms with Crippen LogP contribution in [0.4, 0.5) is 0 Å². The molecule has 3 aromatic rings. The molecule has 132 valence electrons. The molecule has 1 aliphatic heterocycles. The monoisotopic (exact) mass is 354 g/mol. The van der Waals surface area contributed by atoms with Gasteiger partial charge in [-0.3, -0.25) is 4.79 Å². The second kappa shape index (κ2) is 7.34. The first-order valence-corrected chi connectivity index (χ1v) is 8.70. The normalized spacial score (nSPS) is 13.9. The standard InChI is InChI=1S/C24H18O3/c1-2-17-8-10-19(11-9-17)16-26-20-12-13-21-22(15-20)27-23(24(21)25)14-18-6-4-3-5-7-18/h2-15H,1,16H2/b23-14-. The molecule has 0 spiro atoms. The molecule has 0 aliphatic carbocycles. The van der Waals surface area contributed by atoms with Crippen LogP contribution in [-0.4, -0.2) is 5.78 Å². The average molecular weight is 354 g/mol. The van der Waals surface area contributed by atoms with E-state index < -0.39 is 0 Å². The summed E-state index contributed by atoms with van der Waals surface area (Å²) in [6.07, 6.45) is 3.56. The quantitative estimate of drug-likeness (QED) is 0.566. The van der Waals surface area contributed by atoms with Gasteiger partial charge in [-0.1, -0.05) is 67.3 Å². The molecule has 3 nitrogen and oxygen atoms in total. The van der Waals surface area contributed by atoms with E-state index in [1.54, 1.807) is 30.4 Å². The molecule has 0 amide bonds. The molecule has 0 radical (unpaired) electrons.